The van der Waals surface area contributed by atoms with Gasteiger partial charge in [0, 0.05) is 6.21 Å². The SMILES string of the molecule is Fc1ccc(N=Cc2ccccc2)cc1. The van der Waals surface area contributed by atoms with E-state index in [1.54, 1.807) is 18.3 Å². The van der Waals surface area contributed by atoms with Gasteiger partial charge in [-0.3, -0.25) is 4.99 Å². The molecule has 0 atom stereocenters. The first-order valence-electron chi connectivity index (χ1n) is 4.69. The molecule has 0 aliphatic rings. The highest BCUT2D eigenvalue weighted by atomic mass is 19.1. The van der Waals surface area contributed by atoms with Crippen molar-refractivity contribution >= 4 is 11.9 Å². The number of rotatable bonds is 2. The molecule has 2 aromatic rings. The monoisotopic (exact) mass is 199 g/mol. The van der Waals surface area contributed by atoms with Gasteiger partial charge in [-0.2, -0.15) is 0 Å². The van der Waals surface area contributed by atoms with Gasteiger partial charge in [-0.25, -0.2) is 4.39 Å². The normalized spacial score (nSPS) is 10.7. The first-order chi connectivity index (χ1) is 7.34. The average molecular weight is 199 g/mol. The van der Waals surface area contributed by atoms with Crippen LogP contribution in [0.15, 0.2) is 59.6 Å². The summed E-state index contributed by atoms with van der Waals surface area (Å²) in [6.45, 7) is 0. The van der Waals surface area contributed by atoms with Crippen molar-refractivity contribution in [1.29, 1.82) is 0 Å². The third-order valence-electron chi connectivity index (χ3n) is 1.99. The molecule has 0 bridgehead atoms. The fourth-order valence-electron chi connectivity index (χ4n) is 1.22. The Hall–Kier alpha value is -1.96. The van der Waals surface area contributed by atoms with Crippen molar-refractivity contribution in [2.75, 3.05) is 0 Å². The summed E-state index contributed by atoms with van der Waals surface area (Å²) in [5, 5.41) is 0. The molecule has 0 amide bonds. The zero-order valence-corrected chi connectivity index (χ0v) is 8.10. The Morgan fingerprint density at radius 2 is 1.53 bits per heavy atom. The van der Waals surface area contributed by atoms with Crippen molar-refractivity contribution in [3.63, 3.8) is 0 Å². The third kappa shape index (κ3) is 2.74. The van der Waals surface area contributed by atoms with E-state index < -0.39 is 0 Å². The molecule has 0 aromatic heterocycles. The number of hydrogen-bond donors (Lipinski definition) is 0. The summed E-state index contributed by atoms with van der Waals surface area (Å²) >= 11 is 0. The largest absolute Gasteiger partial charge is 0.256 e. The fourth-order valence-corrected chi connectivity index (χ4v) is 1.22. The second-order valence-electron chi connectivity index (χ2n) is 3.15. The van der Waals surface area contributed by atoms with E-state index in [9.17, 15) is 4.39 Å². The lowest BCUT2D eigenvalue weighted by atomic mass is 10.2. The molecule has 0 aliphatic carbocycles. The van der Waals surface area contributed by atoms with E-state index in [2.05, 4.69) is 4.99 Å². The van der Waals surface area contributed by atoms with Crippen molar-refractivity contribution in [2.24, 2.45) is 4.99 Å². The molecule has 74 valence electrons. The van der Waals surface area contributed by atoms with E-state index in [1.807, 2.05) is 30.3 Å². The Balaban J connectivity index is 2.15. The van der Waals surface area contributed by atoms with Gasteiger partial charge in [-0.1, -0.05) is 30.3 Å². The maximum absolute atomic E-state index is 12.6. The quantitative estimate of drug-likeness (QED) is 0.655. The van der Waals surface area contributed by atoms with Crippen LogP contribution in [0.4, 0.5) is 10.1 Å². The van der Waals surface area contributed by atoms with Gasteiger partial charge in [0.15, 0.2) is 0 Å². The van der Waals surface area contributed by atoms with E-state index in [0.29, 0.717) is 0 Å². The van der Waals surface area contributed by atoms with Gasteiger partial charge in [0.25, 0.3) is 0 Å². The molecular weight excluding hydrogens is 189 g/mol. The predicted molar refractivity (Wildman–Crippen MR) is 60.1 cm³/mol. The van der Waals surface area contributed by atoms with Crippen LogP contribution in [0.2, 0.25) is 0 Å². The van der Waals surface area contributed by atoms with Crippen LogP contribution in [-0.2, 0) is 0 Å². The van der Waals surface area contributed by atoms with Gasteiger partial charge >= 0.3 is 0 Å². The lowest BCUT2D eigenvalue weighted by Crippen LogP contribution is -1.78. The maximum atomic E-state index is 12.6. The lowest BCUT2D eigenvalue weighted by Gasteiger charge is -1.93. The zero-order chi connectivity index (χ0) is 10.5. The molecule has 0 heterocycles. The predicted octanol–water partition coefficient (Wildman–Crippen LogP) is 3.58. The van der Waals surface area contributed by atoms with Crippen molar-refractivity contribution in [3.8, 4) is 0 Å². The molecule has 1 nitrogen and oxygen atoms in total. The molecule has 0 unspecified atom stereocenters. The molecule has 0 N–H and O–H groups in total. The lowest BCUT2D eigenvalue weighted by molar-refractivity contribution is 0.628. The maximum Gasteiger partial charge on any atom is 0.123 e. The molecule has 0 spiro atoms. The number of halogens is 1. The molecule has 2 heteroatoms. The van der Waals surface area contributed by atoms with Crippen LogP contribution >= 0.6 is 0 Å². The highest BCUT2D eigenvalue weighted by Crippen LogP contribution is 2.11. The Kier molecular flexibility index (Phi) is 2.88. The van der Waals surface area contributed by atoms with Crippen LogP contribution in [0, 0.1) is 5.82 Å². The molecule has 0 saturated heterocycles. The molecule has 0 radical (unpaired) electrons. The Labute approximate surface area is 87.9 Å². The van der Waals surface area contributed by atoms with Crippen LogP contribution < -0.4 is 0 Å². The van der Waals surface area contributed by atoms with Gasteiger partial charge in [0.05, 0.1) is 5.69 Å². The highest BCUT2D eigenvalue weighted by molar-refractivity contribution is 5.81. The molecular formula is C13H10FN. The summed E-state index contributed by atoms with van der Waals surface area (Å²) in [6, 6.07) is 15.9. The van der Waals surface area contributed by atoms with Crippen molar-refractivity contribution in [2.45, 2.75) is 0 Å². The average Bonchev–Trinajstić information content (AvgIpc) is 2.30. The smallest absolute Gasteiger partial charge is 0.123 e. The van der Waals surface area contributed by atoms with E-state index >= 15 is 0 Å². The van der Waals surface area contributed by atoms with E-state index in [-0.39, 0.29) is 5.82 Å². The second-order valence-corrected chi connectivity index (χ2v) is 3.15. The number of benzene rings is 2. The molecule has 0 fully saturated rings. The molecule has 0 saturated carbocycles. The first kappa shape index (κ1) is 9.59. The highest BCUT2D eigenvalue weighted by Gasteiger charge is 1.89. The van der Waals surface area contributed by atoms with Crippen molar-refractivity contribution in [1.82, 2.24) is 0 Å². The summed E-state index contributed by atoms with van der Waals surface area (Å²) in [7, 11) is 0. The van der Waals surface area contributed by atoms with Gasteiger partial charge < -0.3 is 0 Å². The number of hydrogen-bond acceptors (Lipinski definition) is 1. The molecule has 2 rings (SSSR count). The van der Waals surface area contributed by atoms with Crippen molar-refractivity contribution in [3.05, 3.63) is 66.0 Å². The van der Waals surface area contributed by atoms with E-state index in [4.69, 9.17) is 0 Å². The molecule has 2 aromatic carbocycles. The van der Waals surface area contributed by atoms with E-state index in [0.717, 1.165) is 11.3 Å². The fraction of sp³-hybridized carbons (Fsp3) is 0. The summed E-state index contributed by atoms with van der Waals surface area (Å²) < 4.78 is 12.6. The summed E-state index contributed by atoms with van der Waals surface area (Å²) in [5.74, 6) is -0.242. The van der Waals surface area contributed by atoms with Gasteiger partial charge in [0.2, 0.25) is 0 Å². The van der Waals surface area contributed by atoms with Crippen molar-refractivity contribution < 1.29 is 4.39 Å². The molecule has 15 heavy (non-hydrogen) atoms. The Morgan fingerprint density at radius 3 is 2.20 bits per heavy atom. The zero-order valence-electron chi connectivity index (χ0n) is 8.10. The number of aliphatic imine (C=N–C) groups is 1. The summed E-state index contributed by atoms with van der Waals surface area (Å²) in [6.07, 6.45) is 1.76. The summed E-state index contributed by atoms with van der Waals surface area (Å²) in [4.78, 5) is 4.23. The standard InChI is InChI=1S/C13H10FN/c14-12-6-8-13(9-7-12)15-10-11-4-2-1-3-5-11/h1-10H. The van der Waals surface area contributed by atoms with Gasteiger partial charge in [-0.15, -0.1) is 0 Å². The Bertz CT molecular complexity index is 446. The molecule has 0 aliphatic heterocycles. The van der Waals surface area contributed by atoms with Crippen LogP contribution in [0.5, 0.6) is 0 Å². The third-order valence-corrected chi connectivity index (χ3v) is 1.99. The van der Waals surface area contributed by atoms with Crippen LogP contribution in [0.1, 0.15) is 5.56 Å². The Morgan fingerprint density at radius 1 is 0.867 bits per heavy atom. The van der Waals surface area contributed by atoms with Gasteiger partial charge in [-0.05, 0) is 29.8 Å². The number of nitrogens with zero attached hydrogens (tertiary/aromatic N) is 1. The van der Waals surface area contributed by atoms with Crippen LogP contribution in [-0.4, -0.2) is 6.21 Å². The van der Waals surface area contributed by atoms with E-state index in [1.165, 1.54) is 12.1 Å². The minimum Gasteiger partial charge on any atom is -0.256 e. The van der Waals surface area contributed by atoms with Crippen LogP contribution in [0.3, 0.4) is 0 Å². The van der Waals surface area contributed by atoms with Crippen LogP contribution in [0.25, 0.3) is 0 Å². The topological polar surface area (TPSA) is 12.4 Å². The minimum atomic E-state index is -0.242. The minimum absolute atomic E-state index is 0.242. The van der Waals surface area contributed by atoms with Gasteiger partial charge in [0.1, 0.15) is 5.82 Å². The summed E-state index contributed by atoms with van der Waals surface area (Å²) in [5.41, 5.74) is 1.78. The first-order valence-corrected chi connectivity index (χ1v) is 4.69. The second kappa shape index (κ2) is 4.51.